The monoisotopic (exact) mass is 777 g/mol. The van der Waals surface area contributed by atoms with E-state index >= 15 is 0 Å². The molecule has 0 saturated carbocycles. The second-order valence-electron chi connectivity index (χ2n) is 13.9. The largest absolute Gasteiger partial charge is 0.481 e. The van der Waals surface area contributed by atoms with Crippen LogP contribution in [0.1, 0.15) is 48.7 Å². The summed E-state index contributed by atoms with van der Waals surface area (Å²) in [7, 11) is 4.22. The molecule has 5 heterocycles. The van der Waals surface area contributed by atoms with Crippen molar-refractivity contribution in [1.82, 2.24) is 39.6 Å². The molecule has 3 aromatic heterocycles. The van der Waals surface area contributed by atoms with Gasteiger partial charge in [-0.3, -0.25) is 18.8 Å². The lowest BCUT2D eigenvalue weighted by atomic mass is 9.93. The van der Waals surface area contributed by atoms with E-state index in [1.807, 2.05) is 12.1 Å². The lowest BCUT2D eigenvalue weighted by Gasteiger charge is -2.36. The van der Waals surface area contributed by atoms with Crippen LogP contribution in [0, 0.1) is 0 Å². The number of alkyl halides is 2. The van der Waals surface area contributed by atoms with Crippen molar-refractivity contribution in [2.75, 3.05) is 32.1 Å². The predicted molar refractivity (Wildman–Crippen MR) is 201 cm³/mol. The van der Waals surface area contributed by atoms with Gasteiger partial charge in [0, 0.05) is 62.0 Å². The molecule has 2 aliphatic heterocycles. The number of pyridine rings is 1. The van der Waals surface area contributed by atoms with Gasteiger partial charge in [0.05, 0.1) is 34.1 Å². The van der Waals surface area contributed by atoms with Gasteiger partial charge >= 0.3 is 11.7 Å². The fourth-order valence-electron chi connectivity index (χ4n) is 8.05. The Balaban J connectivity index is 1.14. The Morgan fingerprint density at radius 2 is 1.72 bits per heavy atom. The maximum Gasteiger partial charge on any atom is 0.332 e. The maximum atomic E-state index is 13.9. The molecule has 8 rings (SSSR count). The van der Waals surface area contributed by atoms with Crippen LogP contribution >= 0.6 is 23.2 Å². The minimum atomic E-state index is -3.08. The number of nitrogens with zero attached hydrogens (tertiary/aromatic N) is 6. The molecule has 0 bridgehead atoms. The van der Waals surface area contributed by atoms with E-state index < -0.39 is 23.5 Å². The van der Waals surface area contributed by atoms with Crippen molar-refractivity contribution in [2.45, 2.75) is 43.7 Å². The van der Waals surface area contributed by atoms with Crippen molar-refractivity contribution in [1.29, 1.82) is 0 Å². The number of benzene rings is 2. The van der Waals surface area contributed by atoms with Crippen LogP contribution in [0.4, 0.5) is 25.1 Å². The molecule has 0 radical (unpaired) electrons. The summed E-state index contributed by atoms with van der Waals surface area (Å²) >= 11 is 14.1. The summed E-state index contributed by atoms with van der Waals surface area (Å²) in [5.41, 5.74) is 2.82. The first-order valence-electron chi connectivity index (χ1n) is 17.4. The molecule has 1 spiro atoms. The van der Waals surface area contributed by atoms with Gasteiger partial charge in [0.2, 0.25) is 5.88 Å². The van der Waals surface area contributed by atoms with Crippen molar-refractivity contribution in [3.63, 3.8) is 0 Å². The first kappa shape index (κ1) is 35.9. The molecule has 5 aromatic rings. The van der Waals surface area contributed by atoms with Crippen LogP contribution in [0.15, 0.2) is 52.1 Å². The predicted octanol–water partition coefficient (Wildman–Crippen LogP) is 5.89. The highest BCUT2D eigenvalue weighted by Gasteiger charge is 2.45. The van der Waals surface area contributed by atoms with E-state index in [1.54, 1.807) is 31.4 Å². The Morgan fingerprint density at radius 3 is 2.46 bits per heavy atom. The Labute approximate surface area is 317 Å². The molecule has 54 heavy (non-hydrogen) atoms. The number of hydrogen-bond donors (Lipinski definition) is 3. The van der Waals surface area contributed by atoms with Crippen LogP contribution in [0.2, 0.25) is 10.0 Å². The smallest absolute Gasteiger partial charge is 0.332 e. The quantitative estimate of drug-likeness (QED) is 0.184. The minimum absolute atomic E-state index is 0.104. The van der Waals surface area contributed by atoms with E-state index in [1.165, 1.54) is 14.1 Å². The van der Waals surface area contributed by atoms with Crippen LogP contribution in [0.25, 0.3) is 33.4 Å². The van der Waals surface area contributed by atoms with E-state index in [-0.39, 0.29) is 45.2 Å². The Bertz CT molecular complexity index is 2490. The molecule has 1 aliphatic carbocycles. The SMILES string of the molecule is COc1nc(-c2cccc(-c3cccc(Nc4nc(C(F)F)nc5c4c(=O)n(C)c(=O)n5C)c3Cl)c2Cl)cc2c1[C@H](N1CC[C@@]3(CCNC(=O)N3)C1)CC2. The highest BCUT2D eigenvalue weighted by atomic mass is 35.5. The molecule has 2 fully saturated rings. The highest BCUT2D eigenvalue weighted by molar-refractivity contribution is 6.39. The number of urea groups is 1. The van der Waals surface area contributed by atoms with Crippen molar-refractivity contribution in [3.05, 3.63) is 90.3 Å². The molecule has 3 aliphatic rings. The zero-order valence-corrected chi connectivity index (χ0v) is 31.0. The van der Waals surface area contributed by atoms with Crippen LogP contribution in [-0.2, 0) is 20.5 Å². The molecule has 280 valence electrons. The van der Waals surface area contributed by atoms with Gasteiger partial charge in [-0.25, -0.2) is 33.3 Å². The van der Waals surface area contributed by atoms with Crippen molar-refractivity contribution in [3.8, 4) is 28.3 Å². The highest BCUT2D eigenvalue weighted by Crippen LogP contribution is 2.47. The lowest BCUT2D eigenvalue weighted by molar-refractivity contribution is 0.141. The number of amides is 2. The summed E-state index contributed by atoms with van der Waals surface area (Å²) in [6.07, 6.45) is 0.395. The summed E-state index contributed by atoms with van der Waals surface area (Å²) in [6.45, 7) is 2.27. The van der Waals surface area contributed by atoms with Gasteiger partial charge in [-0.2, -0.15) is 0 Å². The number of rotatable bonds is 7. The van der Waals surface area contributed by atoms with Gasteiger partial charge in [-0.1, -0.05) is 53.5 Å². The average molecular weight is 779 g/mol. The number of methoxy groups -OCH3 is 1. The number of fused-ring (bicyclic) bond motifs is 2. The molecule has 17 heteroatoms. The number of aromatic nitrogens is 5. The first-order chi connectivity index (χ1) is 25.9. The number of aryl methyl sites for hydroxylation is 2. The van der Waals surface area contributed by atoms with Crippen LogP contribution in [0.5, 0.6) is 5.88 Å². The Hall–Kier alpha value is -5.12. The van der Waals surface area contributed by atoms with Crippen LogP contribution in [-0.4, -0.2) is 67.3 Å². The molecular weight excluding hydrogens is 743 g/mol. The summed E-state index contributed by atoms with van der Waals surface area (Å²) in [5, 5.41) is 9.37. The number of hydrogen-bond acceptors (Lipinski definition) is 9. The van der Waals surface area contributed by atoms with E-state index in [0.717, 1.165) is 59.0 Å². The van der Waals surface area contributed by atoms with E-state index in [4.69, 9.17) is 32.9 Å². The normalized spacial score (nSPS) is 19.7. The number of carbonyl (C=O) groups is 1. The summed E-state index contributed by atoms with van der Waals surface area (Å²) in [5.74, 6) is -0.572. The van der Waals surface area contributed by atoms with Gasteiger partial charge < -0.3 is 20.7 Å². The van der Waals surface area contributed by atoms with Crippen LogP contribution < -0.4 is 31.9 Å². The third-order valence-corrected chi connectivity index (χ3v) is 11.6. The van der Waals surface area contributed by atoms with Gasteiger partial charge in [0.15, 0.2) is 11.5 Å². The summed E-state index contributed by atoms with van der Waals surface area (Å²) < 4.78 is 35.6. The van der Waals surface area contributed by atoms with Gasteiger partial charge in [0.25, 0.3) is 12.0 Å². The summed E-state index contributed by atoms with van der Waals surface area (Å²) in [4.78, 5) is 53.1. The number of carbonyl (C=O) groups excluding carboxylic acids is 1. The topological polar surface area (TPSA) is 148 Å². The minimum Gasteiger partial charge on any atom is -0.481 e. The number of ether oxygens (including phenoxy) is 1. The molecule has 0 unspecified atom stereocenters. The lowest BCUT2D eigenvalue weighted by Crippen LogP contribution is -2.59. The zero-order valence-electron chi connectivity index (χ0n) is 29.5. The van der Waals surface area contributed by atoms with Crippen molar-refractivity contribution in [2.24, 2.45) is 14.1 Å². The standard InChI is InChI=1S/C37H35Cl2F2N9O4/c1-48-32-26(34(51)49(2)36(48)53)30(45-31(46-32)29(40)41)43-22-9-5-7-20(28(22)39)19-6-4-8-21(27(19)38)23-16-18-10-11-24(25(18)33(44-23)54-3)50-15-13-37(17-50)12-14-42-35(52)47-37/h4-9,16,24,29H,10-15,17H2,1-3H3,(H2,42,47,52)(H,43,45,46)/t24-,37+/m1/s1. The third-order valence-electron chi connectivity index (χ3n) is 10.7. The second-order valence-corrected chi connectivity index (χ2v) is 14.6. The Morgan fingerprint density at radius 1 is 0.981 bits per heavy atom. The Kier molecular flexibility index (Phi) is 9.05. The zero-order chi connectivity index (χ0) is 38.1. The van der Waals surface area contributed by atoms with E-state index in [0.29, 0.717) is 39.8 Å². The number of likely N-dealkylation sites (tertiary alicyclic amines) is 1. The van der Waals surface area contributed by atoms with Crippen molar-refractivity contribution >= 4 is 51.8 Å². The third kappa shape index (κ3) is 5.94. The second kappa shape index (κ2) is 13.6. The van der Waals surface area contributed by atoms with Gasteiger partial charge in [-0.15, -0.1) is 0 Å². The average Bonchev–Trinajstić information content (AvgIpc) is 3.77. The fourth-order valence-corrected chi connectivity index (χ4v) is 8.65. The maximum absolute atomic E-state index is 13.9. The molecule has 2 atom stereocenters. The molecular formula is C37H35Cl2F2N9O4. The molecule has 2 saturated heterocycles. The van der Waals surface area contributed by atoms with E-state index in [2.05, 4.69) is 36.9 Å². The van der Waals surface area contributed by atoms with Crippen LogP contribution in [0.3, 0.4) is 0 Å². The molecule has 2 amide bonds. The van der Waals surface area contributed by atoms with Gasteiger partial charge in [-0.05, 0) is 43.4 Å². The van der Waals surface area contributed by atoms with E-state index in [9.17, 15) is 23.2 Å². The first-order valence-corrected chi connectivity index (χ1v) is 18.1. The molecule has 13 nitrogen and oxygen atoms in total. The summed E-state index contributed by atoms with van der Waals surface area (Å²) in [6, 6.07) is 12.6. The van der Waals surface area contributed by atoms with Crippen molar-refractivity contribution < 1.29 is 18.3 Å². The fraction of sp³-hybridized carbons (Fsp3) is 0.351. The number of nitrogens with one attached hydrogen (secondary N) is 3. The van der Waals surface area contributed by atoms with Gasteiger partial charge in [0.1, 0.15) is 11.2 Å². The number of halogens is 4. The molecule has 2 aromatic carbocycles. The molecule has 3 N–H and O–H groups in total. The number of anilines is 2.